The second-order valence-electron chi connectivity index (χ2n) is 4.06. The zero-order chi connectivity index (χ0) is 14.0. The largest absolute Gasteiger partial charge is 0.444 e. The van der Waals surface area contributed by atoms with E-state index < -0.39 is 11.7 Å². The molecule has 0 fully saturated rings. The van der Waals surface area contributed by atoms with E-state index in [1.807, 2.05) is 6.07 Å². The molecule has 0 aliphatic carbocycles. The van der Waals surface area contributed by atoms with Crippen molar-refractivity contribution in [2.45, 2.75) is 13.8 Å². The summed E-state index contributed by atoms with van der Waals surface area (Å²) < 4.78 is 18.1. The van der Waals surface area contributed by atoms with Gasteiger partial charge in [0.05, 0.1) is 0 Å². The predicted molar refractivity (Wildman–Crippen MR) is 67.3 cm³/mol. The van der Waals surface area contributed by atoms with E-state index >= 15 is 0 Å². The molecule has 0 unspecified atom stereocenters. The van der Waals surface area contributed by atoms with Gasteiger partial charge in [0, 0.05) is 11.1 Å². The van der Waals surface area contributed by atoms with E-state index in [9.17, 15) is 9.18 Å². The zero-order valence-electron chi connectivity index (χ0n) is 10.5. The highest BCUT2D eigenvalue weighted by molar-refractivity contribution is 6.04. The lowest BCUT2D eigenvalue weighted by molar-refractivity contribution is 0.102. The standard InChI is InChI=1S/C14H11FN2O2/c1-8-9(2)19-14(12(8)7-16)17-13(18)10-3-5-11(15)6-4-10/h3-6H,1-2H3,(H,17,18). The Labute approximate surface area is 109 Å². The molecule has 4 nitrogen and oxygen atoms in total. The molecular weight excluding hydrogens is 247 g/mol. The second kappa shape index (κ2) is 4.94. The van der Waals surface area contributed by atoms with Gasteiger partial charge in [0.15, 0.2) is 0 Å². The Balaban J connectivity index is 2.27. The average Bonchev–Trinajstić information content (AvgIpc) is 2.65. The molecule has 2 aromatic rings. The summed E-state index contributed by atoms with van der Waals surface area (Å²) in [5, 5.41) is 11.5. The van der Waals surface area contributed by atoms with Gasteiger partial charge in [-0.3, -0.25) is 10.1 Å². The number of aryl methyl sites for hydroxylation is 1. The van der Waals surface area contributed by atoms with Gasteiger partial charge in [-0.2, -0.15) is 5.26 Å². The molecule has 96 valence electrons. The predicted octanol–water partition coefficient (Wildman–Crippen LogP) is 3.16. The van der Waals surface area contributed by atoms with Crippen LogP contribution in [0.15, 0.2) is 28.7 Å². The number of furan rings is 1. The number of amides is 1. The highest BCUT2D eigenvalue weighted by Gasteiger charge is 2.17. The first kappa shape index (κ1) is 12.8. The normalized spacial score (nSPS) is 10.0. The van der Waals surface area contributed by atoms with Crippen LogP contribution < -0.4 is 5.32 Å². The van der Waals surface area contributed by atoms with Crippen molar-refractivity contribution in [3.05, 3.63) is 52.5 Å². The third kappa shape index (κ3) is 2.47. The number of rotatable bonds is 2. The third-order valence-corrected chi connectivity index (χ3v) is 2.83. The van der Waals surface area contributed by atoms with Gasteiger partial charge in [-0.05, 0) is 38.1 Å². The van der Waals surface area contributed by atoms with Gasteiger partial charge in [-0.15, -0.1) is 0 Å². The summed E-state index contributed by atoms with van der Waals surface area (Å²) in [4.78, 5) is 11.9. The molecule has 0 spiro atoms. The number of hydrogen-bond donors (Lipinski definition) is 1. The summed E-state index contributed by atoms with van der Waals surface area (Å²) in [5.41, 5.74) is 1.28. The van der Waals surface area contributed by atoms with Crippen molar-refractivity contribution in [2.24, 2.45) is 0 Å². The van der Waals surface area contributed by atoms with E-state index in [0.717, 1.165) is 0 Å². The molecule has 19 heavy (non-hydrogen) atoms. The van der Waals surface area contributed by atoms with Gasteiger partial charge in [0.1, 0.15) is 23.2 Å². The maximum absolute atomic E-state index is 12.8. The van der Waals surface area contributed by atoms with Crippen molar-refractivity contribution >= 4 is 11.8 Å². The third-order valence-electron chi connectivity index (χ3n) is 2.83. The fraction of sp³-hybridized carbons (Fsp3) is 0.143. The highest BCUT2D eigenvalue weighted by atomic mass is 19.1. The monoisotopic (exact) mass is 258 g/mol. The molecule has 1 aromatic heterocycles. The van der Waals surface area contributed by atoms with Crippen molar-refractivity contribution in [3.8, 4) is 6.07 Å². The first-order chi connectivity index (χ1) is 9.02. The number of carbonyl (C=O) groups excluding carboxylic acids is 1. The topological polar surface area (TPSA) is 66.0 Å². The van der Waals surface area contributed by atoms with Crippen LogP contribution in [0.25, 0.3) is 0 Å². The van der Waals surface area contributed by atoms with Crippen LogP contribution >= 0.6 is 0 Å². The molecule has 0 bridgehead atoms. The molecular formula is C14H11FN2O2. The van der Waals surface area contributed by atoms with Gasteiger partial charge >= 0.3 is 0 Å². The van der Waals surface area contributed by atoms with Crippen LogP contribution in [0.1, 0.15) is 27.2 Å². The molecule has 1 amide bonds. The van der Waals surface area contributed by atoms with Gasteiger partial charge in [-0.1, -0.05) is 0 Å². The lowest BCUT2D eigenvalue weighted by Gasteiger charge is -2.02. The number of carbonyl (C=O) groups is 1. The van der Waals surface area contributed by atoms with E-state index in [0.29, 0.717) is 16.9 Å². The van der Waals surface area contributed by atoms with Gasteiger partial charge < -0.3 is 4.42 Å². The Hall–Kier alpha value is -2.61. The average molecular weight is 258 g/mol. The van der Waals surface area contributed by atoms with E-state index in [1.54, 1.807) is 13.8 Å². The molecule has 2 rings (SSSR count). The van der Waals surface area contributed by atoms with Crippen molar-refractivity contribution in [1.29, 1.82) is 5.26 Å². The lowest BCUT2D eigenvalue weighted by atomic mass is 10.1. The quantitative estimate of drug-likeness (QED) is 0.899. The van der Waals surface area contributed by atoms with Gasteiger partial charge in [0.25, 0.3) is 5.91 Å². The Morgan fingerprint density at radius 1 is 1.32 bits per heavy atom. The van der Waals surface area contributed by atoms with Crippen molar-refractivity contribution in [1.82, 2.24) is 0 Å². The Kier molecular flexibility index (Phi) is 3.34. The van der Waals surface area contributed by atoms with Gasteiger partial charge in [0.2, 0.25) is 5.88 Å². The Morgan fingerprint density at radius 2 is 1.95 bits per heavy atom. The van der Waals surface area contributed by atoms with Crippen LogP contribution in [0, 0.1) is 31.0 Å². The lowest BCUT2D eigenvalue weighted by Crippen LogP contribution is -2.12. The minimum absolute atomic E-state index is 0.117. The van der Waals surface area contributed by atoms with Gasteiger partial charge in [-0.25, -0.2) is 4.39 Å². The molecule has 0 aliphatic heterocycles. The molecule has 1 aromatic carbocycles. The van der Waals surface area contributed by atoms with Crippen LogP contribution in [0.3, 0.4) is 0 Å². The number of halogens is 1. The minimum Gasteiger partial charge on any atom is -0.444 e. The van der Waals surface area contributed by atoms with E-state index in [4.69, 9.17) is 9.68 Å². The van der Waals surface area contributed by atoms with Crippen molar-refractivity contribution < 1.29 is 13.6 Å². The molecule has 1 heterocycles. The SMILES string of the molecule is Cc1oc(NC(=O)c2ccc(F)cc2)c(C#N)c1C. The molecule has 0 saturated carbocycles. The van der Waals surface area contributed by atoms with E-state index in [-0.39, 0.29) is 11.4 Å². The van der Waals surface area contributed by atoms with Crippen molar-refractivity contribution in [2.75, 3.05) is 5.32 Å². The fourth-order valence-corrected chi connectivity index (χ4v) is 1.63. The van der Waals surface area contributed by atoms with E-state index in [2.05, 4.69) is 5.32 Å². The molecule has 1 N–H and O–H groups in total. The maximum Gasteiger partial charge on any atom is 0.258 e. The summed E-state index contributed by atoms with van der Waals surface area (Å²) in [6, 6.07) is 7.09. The number of nitriles is 1. The van der Waals surface area contributed by atoms with E-state index in [1.165, 1.54) is 24.3 Å². The number of benzene rings is 1. The summed E-state index contributed by atoms with van der Waals surface area (Å²) in [6.07, 6.45) is 0. The van der Waals surface area contributed by atoms with Crippen LogP contribution in [0.5, 0.6) is 0 Å². The fourth-order valence-electron chi connectivity index (χ4n) is 1.63. The minimum atomic E-state index is -0.453. The first-order valence-electron chi connectivity index (χ1n) is 5.60. The summed E-state index contributed by atoms with van der Waals surface area (Å²) in [7, 11) is 0. The Morgan fingerprint density at radius 3 is 2.53 bits per heavy atom. The van der Waals surface area contributed by atoms with Crippen LogP contribution in [-0.2, 0) is 0 Å². The summed E-state index contributed by atoms with van der Waals surface area (Å²) >= 11 is 0. The molecule has 0 atom stereocenters. The number of anilines is 1. The number of nitrogens with one attached hydrogen (secondary N) is 1. The molecule has 0 saturated heterocycles. The molecule has 0 aliphatic rings. The first-order valence-corrected chi connectivity index (χ1v) is 5.60. The Bertz CT molecular complexity index is 666. The molecule has 5 heteroatoms. The van der Waals surface area contributed by atoms with Crippen LogP contribution in [0.4, 0.5) is 10.3 Å². The number of hydrogen-bond acceptors (Lipinski definition) is 3. The maximum atomic E-state index is 12.8. The second-order valence-corrected chi connectivity index (χ2v) is 4.06. The highest BCUT2D eigenvalue weighted by Crippen LogP contribution is 2.25. The smallest absolute Gasteiger partial charge is 0.258 e. The number of nitrogens with zero attached hydrogens (tertiary/aromatic N) is 1. The summed E-state index contributed by atoms with van der Waals surface area (Å²) in [6.45, 7) is 3.45. The molecule has 0 radical (unpaired) electrons. The summed E-state index contributed by atoms with van der Waals surface area (Å²) in [5.74, 6) is -0.179. The zero-order valence-corrected chi connectivity index (χ0v) is 10.5. The van der Waals surface area contributed by atoms with Crippen LogP contribution in [0.2, 0.25) is 0 Å². The van der Waals surface area contributed by atoms with Crippen LogP contribution in [-0.4, -0.2) is 5.91 Å². The van der Waals surface area contributed by atoms with Crippen molar-refractivity contribution in [3.63, 3.8) is 0 Å².